The van der Waals surface area contributed by atoms with Crippen LogP contribution in [0.5, 0.6) is 0 Å². The Morgan fingerprint density at radius 1 is 1.12 bits per heavy atom. The van der Waals surface area contributed by atoms with E-state index in [2.05, 4.69) is 43.4 Å². The lowest BCUT2D eigenvalue weighted by atomic mass is 9.71. The predicted octanol–water partition coefficient (Wildman–Crippen LogP) is 5.19. The van der Waals surface area contributed by atoms with Crippen LogP contribution in [0.2, 0.25) is 0 Å². The first kappa shape index (κ1) is 17.3. The Kier molecular flexibility index (Phi) is 4.58. The number of hydrogen-bond donors (Lipinski definition) is 1. The van der Waals surface area contributed by atoms with Crippen molar-refractivity contribution in [3.63, 3.8) is 0 Å². The molecule has 0 saturated heterocycles. The van der Waals surface area contributed by atoms with Gasteiger partial charge >= 0.3 is 0 Å². The Morgan fingerprint density at radius 3 is 2.54 bits per heavy atom. The largest absolute Gasteiger partial charge is 0.366 e. The molecule has 1 saturated carbocycles. The van der Waals surface area contributed by atoms with Crippen LogP contribution < -0.4 is 5.32 Å². The summed E-state index contributed by atoms with van der Waals surface area (Å²) in [5.74, 6) is 0.565. The highest BCUT2D eigenvalue weighted by atomic mass is 16.5. The smallest absolute Gasteiger partial charge is 0.227 e. The molecule has 0 aromatic heterocycles. The molecule has 3 heteroatoms. The maximum atomic E-state index is 12.7. The number of anilines is 1. The van der Waals surface area contributed by atoms with Gasteiger partial charge in [0.05, 0.1) is 12.2 Å². The minimum Gasteiger partial charge on any atom is -0.366 e. The molecule has 1 aliphatic carbocycles. The third kappa shape index (κ3) is 3.16. The van der Waals surface area contributed by atoms with Crippen LogP contribution in [0.15, 0.2) is 48.5 Å². The third-order valence-corrected chi connectivity index (χ3v) is 6.29. The molecule has 1 amide bonds. The number of fused-ring (bicyclic) bond motifs is 2. The van der Waals surface area contributed by atoms with Crippen molar-refractivity contribution in [3.8, 4) is 0 Å². The van der Waals surface area contributed by atoms with Gasteiger partial charge in [0.2, 0.25) is 5.91 Å². The van der Waals surface area contributed by atoms with Crippen LogP contribution in [0.3, 0.4) is 0 Å². The molecule has 2 aliphatic rings. The molecule has 0 radical (unpaired) electrons. The summed E-state index contributed by atoms with van der Waals surface area (Å²) in [6.07, 6.45) is 4.10. The van der Waals surface area contributed by atoms with E-state index in [0.717, 1.165) is 38.0 Å². The number of amides is 1. The zero-order valence-electron chi connectivity index (χ0n) is 15.6. The summed E-state index contributed by atoms with van der Waals surface area (Å²) in [5.41, 5.74) is 4.67. The summed E-state index contributed by atoms with van der Waals surface area (Å²) >= 11 is 0. The summed E-state index contributed by atoms with van der Waals surface area (Å²) in [7, 11) is 0. The topological polar surface area (TPSA) is 38.3 Å². The zero-order valence-corrected chi connectivity index (χ0v) is 15.6. The van der Waals surface area contributed by atoms with Gasteiger partial charge in [-0.2, -0.15) is 0 Å². The van der Waals surface area contributed by atoms with E-state index in [-0.39, 0.29) is 17.4 Å². The van der Waals surface area contributed by atoms with Crippen LogP contribution >= 0.6 is 0 Å². The maximum absolute atomic E-state index is 12.7. The van der Waals surface area contributed by atoms with Crippen molar-refractivity contribution in [2.75, 3.05) is 5.32 Å². The average molecular weight is 349 g/mol. The molecule has 1 spiro atoms. The van der Waals surface area contributed by atoms with E-state index in [4.69, 9.17) is 4.74 Å². The Hall–Kier alpha value is -2.13. The molecule has 2 aromatic carbocycles. The molecule has 26 heavy (non-hydrogen) atoms. The normalized spacial score (nSPS) is 25.7. The Bertz CT molecular complexity index is 788. The maximum Gasteiger partial charge on any atom is 0.227 e. The first-order valence-electron chi connectivity index (χ1n) is 9.67. The molecule has 1 N–H and O–H groups in total. The van der Waals surface area contributed by atoms with Gasteiger partial charge in [-0.15, -0.1) is 0 Å². The zero-order chi connectivity index (χ0) is 18.1. The van der Waals surface area contributed by atoms with E-state index in [1.54, 1.807) is 0 Å². The van der Waals surface area contributed by atoms with Crippen molar-refractivity contribution < 1.29 is 9.53 Å². The fraction of sp³-hybridized carbons (Fsp3) is 0.435. The van der Waals surface area contributed by atoms with Gasteiger partial charge in [-0.3, -0.25) is 4.79 Å². The van der Waals surface area contributed by atoms with Gasteiger partial charge in [-0.25, -0.2) is 0 Å². The second-order valence-electron chi connectivity index (χ2n) is 7.92. The van der Waals surface area contributed by atoms with Crippen LogP contribution in [0, 0.1) is 18.8 Å². The lowest BCUT2D eigenvalue weighted by Gasteiger charge is -2.39. The van der Waals surface area contributed by atoms with Gasteiger partial charge in [0.25, 0.3) is 0 Å². The molecular formula is C23H27NO2. The van der Waals surface area contributed by atoms with Crippen LogP contribution in [-0.2, 0) is 21.7 Å². The van der Waals surface area contributed by atoms with E-state index in [1.165, 1.54) is 16.7 Å². The molecule has 136 valence electrons. The first-order valence-corrected chi connectivity index (χ1v) is 9.67. The number of benzene rings is 2. The van der Waals surface area contributed by atoms with Gasteiger partial charge < -0.3 is 10.1 Å². The highest BCUT2D eigenvalue weighted by molar-refractivity contribution is 5.92. The third-order valence-electron chi connectivity index (χ3n) is 6.29. The second-order valence-corrected chi connectivity index (χ2v) is 7.92. The Morgan fingerprint density at radius 2 is 1.81 bits per heavy atom. The molecule has 1 heterocycles. The van der Waals surface area contributed by atoms with Gasteiger partial charge in [0.15, 0.2) is 0 Å². The number of nitrogens with one attached hydrogen (secondary N) is 1. The van der Waals surface area contributed by atoms with Crippen molar-refractivity contribution in [2.24, 2.45) is 11.8 Å². The van der Waals surface area contributed by atoms with E-state index in [9.17, 15) is 4.79 Å². The number of aryl methyl sites for hydroxylation is 1. The molecule has 0 bridgehead atoms. The van der Waals surface area contributed by atoms with Crippen molar-refractivity contribution in [1.82, 2.24) is 0 Å². The Labute approximate surface area is 155 Å². The molecular weight excluding hydrogens is 322 g/mol. The number of rotatable bonds is 3. The van der Waals surface area contributed by atoms with E-state index in [0.29, 0.717) is 5.92 Å². The summed E-state index contributed by atoms with van der Waals surface area (Å²) in [4.78, 5) is 12.7. The highest BCUT2D eigenvalue weighted by Gasteiger charge is 2.44. The highest BCUT2D eigenvalue weighted by Crippen LogP contribution is 2.49. The van der Waals surface area contributed by atoms with Crippen molar-refractivity contribution in [2.45, 2.75) is 51.7 Å². The standard InChI is InChI=1S/C23H27NO2/c1-16-7-9-20(10-8-16)24-22(25)17(2)18-11-13-23(14-12-18)21-6-4-3-5-19(21)15-26-23/h3-10,17-18H,11-15H2,1-2H3,(H,24,25). The lowest BCUT2D eigenvalue weighted by Crippen LogP contribution is -2.36. The van der Waals surface area contributed by atoms with Crippen molar-refractivity contribution in [3.05, 3.63) is 65.2 Å². The molecule has 1 atom stereocenters. The predicted molar refractivity (Wildman–Crippen MR) is 104 cm³/mol. The molecule has 2 aromatic rings. The minimum absolute atomic E-state index is 0.0188. The van der Waals surface area contributed by atoms with Crippen LogP contribution in [0.4, 0.5) is 5.69 Å². The average Bonchev–Trinajstić information content (AvgIpc) is 3.02. The van der Waals surface area contributed by atoms with Gasteiger partial charge in [-0.05, 0) is 61.8 Å². The number of hydrogen-bond acceptors (Lipinski definition) is 2. The van der Waals surface area contributed by atoms with Gasteiger partial charge in [0, 0.05) is 11.6 Å². The van der Waals surface area contributed by atoms with Crippen LogP contribution in [-0.4, -0.2) is 5.91 Å². The van der Waals surface area contributed by atoms with E-state index < -0.39 is 0 Å². The monoisotopic (exact) mass is 349 g/mol. The van der Waals surface area contributed by atoms with Crippen molar-refractivity contribution >= 4 is 11.6 Å². The molecule has 4 rings (SSSR count). The quantitative estimate of drug-likeness (QED) is 0.828. The van der Waals surface area contributed by atoms with E-state index >= 15 is 0 Å². The first-order chi connectivity index (χ1) is 12.6. The SMILES string of the molecule is Cc1ccc(NC(=O)C(C)C2CCC3(CC2)OCc2ccccc23)cc1. The van der Waals surface area contributed by atoms with Gasteiger partial charge in [-0.1, -0.05) is 48.9 Å². The molecule has 1 unspecified atom stereocenters. The lowest BCUT2D eigenvalue weighted by molar-refractivity contribution is -0.123. The molecule has 3 nitrogen and oxygen atoms in total. The summed E-state index contributed by atoms with van der Waals surface area (Å²) in [6.45, 7) is 4.84. The van der Waals surface area contributed by atoms with Gasteiger partial charge in [0.1, 0.15) is 0 Å². The number of carbonyl (C=O) groups is 1. The van der Waals surface area contributed by atoms with Crippen molar-refractivity contribution in [1.29, 1.82) is 0 Å². The van der Waals surface area contributed by atoms with Crippen LogP contribution in [0.25, 0.3) is 0 Å². The number of ether oxygens (including phenoxy) is 1. The Balaban J connectivity index is 1.38. The fourth-order valence-corrected chi connectivity index (χ4v) is 4.51. The molecule has 1 fully saturated rings. The summed E-state index contributed by atoms with van der Waals surface area (Å²) in [6, 6.07) is 16.6. The number of carbonyl (C=O) groups excluding carboxylic acids is 1. The summed E-state index contributed by atoms with van der Waals surface area (Å²) < 4.78 is 6.25. The van der Waals surface area contributed by atoms with Crippen LogP contribution in [0.1, 0.15) is 49.3 Å². The minimum atomic E-state index is -0.111. The second kappa shape index (κ2) is 6.88. The van der Waals surface area contributed by atoms with E-state index in [1.807, 2.05) is 24.3 Å². The fourth-order valence-electron chi connectivity index (χ4n) is 4.51. The summed E-state index contributed by atoms with van der Waals surface area (Å²) in [5, 5.41) is 3.07. The molecule has 1 aliphatic heterocycles.